The smallest absolute Gasteiger partial charge is 0.342 e. The van der Waals surface area contributed by atoms with Gasteiger partial charge in [-0.1, -0.05) is 13.2 Å². The van der Waals surface area contributed by atoms with E-state index in [9.17, 15) is 4.79 Å². The second kappa shape index (κ2) is 5.59. The number of aryl methyl sites for hydroxylation is 1. The van der Waals surface area contributed by atoms with Crippen LogP contribution in [0.5, 0.6) is 0 Å². The molecule has 0 atom stereocenters. The highest BCUT2D eigenvalue weighted by molar-refractivity contribution is 5.90. The number of ether oxygens (including phenoxy) is 1. The topological polar surface area (TPSA) is 38.3 Å². The van der Waals surface area contributed by atoms with E-state index < -0.39 is 5.97 Å². The van der Waals surface area contributed by atoms with Crippen molar-refractivity contribution in [2.45, 2.75) is 6.92 Å². The van der Waals surface area contributed by atoms with Crippen LogP contribution in [0, 0.1) is 6.92 Å². The van der Waals surface area contributed by atoms with Gasteiger partial charge in [-0.3, -0.25) is 0 Å². The van der Waals surface area contributed by atoms with Crippen molar-refractivity contribution in [3.63, 3.8) is 0 Å². The van der Waals surface area contributed by atoms with Gasteiger partial charge < -0.3 is 10.1 Å². The monoisotopic (exact) mass is 215 g/mol. The molecular formula is C13H13NO2. The second-order valence-corrected chi connectivity index (χ2v) is 3.09. The molecule has 1 N–H and O–H groups in total. The van der Waals surface area contributed by atoms with Crippen LogP contribution in [0.3, 0.4) is 0 Å². The fourth-order valence-electron chi connectivity index (χ4n) is 1.23. The molecule has 16 heavy (non-hydrogen) atoms. The van der Waals surface area contributed by atoms with Gasteiger partial charge in [-0.15, -0.1) is 5.73 Å². The first kappa shape index (κ1) is 11.8. The van der Waals surface area contributed by atoms with Gasteiger partial charge in [0.05, 0.1) is 11.8 Å². The van der Waals surface area contributed by atoms with Crippen LogP contribution < -0.4 is 5.32 Å². The van der Waals surface area contributed by atoms with Crippen molar-refractivity contribution in [2.24, 2.45) is 0 Å². The molecule has 0 radical (unpaired) electrons. The maximum absolute atomic E-state index is 11.4. The van der Waals surface area contributed by atoms with E-state index in [1.54, 1.807) is 24.4 Å². The number of hydrogen-bond acceptors (Lipinski definition) is 3. The third kappa shape index (κ3) is 2.87. The highest BCUT2D eigenvalue weighted by atomic mass is 16.5. The van der Waals surface area contributed by atoms with Gasteiger partial charge in [0.2, 0.25) is 0 Å². The van der Waals surface area contributed by atoms with Crippen molar-refractivity contribution in [2.75, 3.05) is 5.32 Å². The highest BCUT2D eigenvalue weighted by Crippen LogP contribution is 2.17. The lowest BCUT2D eigenvalue weighted by atomic mass is 10.1. The van der Waals surface area contributed by atoms with Gasteiger partial charge in [-0.2, -0.15) is 0 Å². The lowest BCUT2D eigenvalue weighted by Gasteiger charge is -2.06. The minimum absolute atomic E-state index is 0.413. The number of rotatable bonds is 4. The molecule has 1 rings (SSSR count). The van der Waals surface area contributed by atoms with Crippen LogP contribution in [0.4, 0.5) is 5.69 Å². The number of esters is 1. The Morgan fingerprint density at radius 2 is 2.31 bits per heavy atom. The SMILES string of the molecule is C=C=CNc1ccc(C(=O)OC=C)cc1C. The van der Waals surface area contributed by atoms with Crippen LogP contribution in [0.1, 0.15) is 15.9 Å². The molecular weight excluding hydrogens is 202 g/mol. The Hall–Kier alpha value is -2.25. The predicted molar refractivity (Wildman–Crippen MR) is 64.1 cm³/mol. The number of benzene rings is 1. The molecule has 0 spiro atoms. The van der Waals surface area contributed by atoms with E-state index in [2.05, 4.69) is 28.9 Å². The van der Waals surface area contributed by atoms with Crippen molar-refractivity contribution >= 4 is 11.7 Å². The zero-order valence-corrected chi connectivity index (χ0v) is 9.12. The summed E-state index contributed by atoms with van der Waals surface area (Å²) in [6.07, 6.45) is 2.72. The Morgan fingerprint density at radius 1 is 1.56 bits per heavy atom. The van der Waals surface area contributed by atoms with E-state index in [1.807, 2.05) is 6.92 Å². The predicted octanol–water partition coefficient (Wildman–Crippen LogP) is 3.01. The Balaban J connectivity index is 2.94. The maximum atomic E-state index is 11.4. The number of hydrogen-bond donors (Lipinski definition) is 1. The van der Waals surface area contributed by atoms with Crippen LogP contribution in [-0.2, 0) is 4.74 Å². The molecule has 3 nitrogen and oxygen atoms in total. The van der Waals surface area contributed by atoms with Gasteiger partial charge in [-0.05, 0) is 30.7 Å². The zero-order chi connectivity index (χ0) is 12.0. The van der Waals surface area contributed by atoms with Crippen LogP contribution in [0.15, 0.2) is 49.6 Å². The van der Waals surface area contributed by atoms with Gasteiger partial charge >= 0.3 is 5.97 Å². The van der Waals surface area contributed by atoms with E-state index in [0.29, 0.717) is 5.56 Å². The molecule has 0 fully saturated rings. The minimum Gasteiger partial charge on any atom is -0.432 e. The van der Waals surface area contributed by atoms with E-state index in [-0.39, 0.29) is 0 Å². The van der Waals surface area contributed by atoms with Crippen molar-refractivity contribution < 1.29 is 9.53 Å². The maximum Gasteiger partial charge on any atom is 0.342 e. The quantitative estimate of drug-likeness (QED) is 0.476. The Morgan fingerprint density at radius 3 is 2.88 bits per heavy atom. The summed E-state index contributed by atoms with van der Waals surface area (Å²) in [5, 5.41) is 2.99. The first-order chi connectivity index (χ1) is 7.69. The average molecular weight is 215 g/mol. The first-order valence-electron chi connectivity index (χ1n) is 4.72. The molecule has 0 aromatic heterocycles. The summed E-state index contributed by atoms with van der Waals surface area (Å²) >= 11 is 0. The molecule has 0 bridgehead atoms. The number of carbonyl (C=O) groups excluding carboxylic acids is 1. The summed E-state index contributed by atoms with van der Waals surface area (Å²) < 4.78 is 4.68. The number of anilines is 1. The van der Waals surface area contributed by atoms with E-state index in [4.69, 9.17) is 0 Å². The first-order valence-corrected chi connectivity index (χ1v) is 4.72. The Kier molecular flexibility index (Phi) is 4.13. The molecule has 0 aliphatic carbocycles. The molecule has 0 heterocycles. The summed E-state index contributed by atoms with van der Waals surface area (Å²) in [5.74, 6) is -0.413. The largest absolute Gasteiger partial charge is 0.432 e. The summed E-state index contributed by atoms with van der Waals surface area (Å²) in [6, 6.07) is 5.21. The molecule has 0 aliphatic heterocycles. The molecule has 1 aromatic rings. The van der Waals surface area contributed by atoms with Crippen molar-refractivity contribution in [3.8, 4) is 0 Å². The second-order valence-electron chi connectivity index (χ2n) is 3.09. The van der Waals surface area contributed by atoms with E-state index in [1.165, 1.54) is 0 Å². The number of carbonyl (C=O) groups is 1. The van der Waals surface area contributed by atoms with Gasteiger partial charge in [0.15, 0.2) is 0 Å². The molecule has 0 unspecified atom stereocenters. The highest BCUT2D eigenvalue weighted by Gasteiger charge is 2.07. The van der Waals surface area contributed by atoms with Gasteiger partial charge in [-0.25, -0.2) is 4.79 Å². The van der Waals surface area contributed by atoms with E-state index in [0.717, 1.165) is 17.5 Å². The minimum atomic E-state index is -0.413. The van der Waals surface area contributed by atoms with E-state index >= 15 is 0 Å². The van der Waals surface area contributed by atoms with Crippen LogP contribution in [-0.4, -0.2) is 5.97 Å². The van der Waals surface area contributed by atoms with Crippen molar-refractivity contribution in [1.29, 1.82) is 0 Å². The molecule has 3 heteroatoms. The number of nitrogens with one attached hydrogen (secondary N) is 1. The molecule has 0 amide bonds. The normalized spacial score (nSPS) is 8.81. The fraction of sp³-hybridized carbons (Fsp3) is 0.0769. The zero-order valence-electron chi connectivity index (χ0n) is 9.12. The average Bonchev–Trinajstić information content (AvgIpc) is 2.27. The third-order valence-corrected chi connectivity index (χ3v) is 1.98. The Labute approximate surface area is 94.7 Å². The Bertz CT molecular complexity index is 457. The van der Waals surface area contributed by atoms with Gasteiger partial charge in [0.25, 0.3) is 0 Å². The summed E-state index contributed by atoms with van der Waals surface area (Å²) in [5.41, 5.74) is 4.93. The molecule has 0 saturated heterocycles. The van der Waals surface area contributed by atoms with Crippen LogP contribution >= 0.6 is 0 Å². The summed E-state index contributed by atoms with van der Waals surface area (Å²) in [6.45, 7) is 8.67. The van der Waals surface area contributed by atoms with Crippen molar-refractivity contribution in [3.05, 3.63) is 60.7 Å². The lowest BCUT2D eigenvalue weighted by molar-refractivity contribution is 0.0664. The fourth-order valence-corrected chi connectivity index (χ4v) is 1.23. The molecule has 0 aliphatic rings. The van der Waals surface area contributed by atoms with Gasteiger partial charge in [0, 0.05) is 11.9 Å². The van der Waals surface area contributed by atoms with Crippen molar-refractivity contribution in [1.82, 2.24) is 0 Å². The molecule has 0 saturated carbocycles. The molecule has 1 aromatic carbocycles. The summed E-state index contributed by atoms with van der Waals surface area (Å²) in [4.78, 5) is 11.4. The van der Waals surface area contributed by atoms with Crippen LogP contribution in [0.2, 0.25) is 0 Å². The van der Waals surface area contributed by atoms with Gasteiger partial charge in [0.1, 0.15) is 0 Å². The lowest BCUT2D eigenvalue weighted by Crippen LogP contribution is -2.01. The third-order valence-electron chi connectivity index (χ3n) is 1.98. The van der Waals surface area contributed by atoms with Crippen LogP contribution in [0.25, 0.3) is 0 Å². The summed E-state index contributed by atoms with van der Waals surface area (Å²) in [7, 11) is 0. The molecule has 82 valence electrons. The standard InChI is InChI=1S/C13H13NO2/c1-4-8-14-12-7-6-11(9-10(12)3)13(15)16-5-2/h5-9,14H,1-2H2,3H3.